The van der Waals surface area contributed by atoms with Crippen LogP contribution in [0.1, 0.15) is 17.2 Å². The van der Waals surface area contributed by atoms with E-state index >= 15 is 0 Å². The van der Waals surface area contributed by atoms with Gasteiger partial charge >= 0.3 is 0 Å². The molecule has 0 amide bonds. The third kappa shape index (κ3) is 5.53. The third-order valence-electron chi connectivity index (χ3n) is 4.41. The summed E-state index contributed by atoms with van der Waals surface area (Å²) in [7, 11) is -3.46. The van der Waals surface area contributed by atoms with Gasteiger partial charge in [0.15, 0.2) is 0 Å². The molecule has 2 aromatic rings. The first-order valence-corrected chi connectivity index (χ1v) is 10.6. The number of ether oxygens (including phenoxy) is 1. The molecule has 1 atom stereocenters. The Morgan fingerprint density at radius 3 is 2.50 bits per heavy atom. The number of hydrogen-bond acceptors (Lipinski definition) is 4. The maximum atomic E-state index is 12.5. The largest absolute Gasteiger partial charge is 0.379 e. The topological polar surface area (TPSA) is 58.6 Å². The molecule has 2 aromatic carbocycles. The van der Waals surface area contributed by atoms with Gasteiger partial charge in [0.2, 0.25) is 10.0 Å². The van der Waals surface area contributed by atoms with Crippen molar-refractivity contribution in [2.75, 3.05) is 32.8 Å². The minimum absolute atomic E-state index is 0.0192. The van der Waals surface area contributed by atoms with Crippen molar-refractivity contribution < 1.29 is 13.2 Å². The number of sulfonamides is 1. The molecule has 1 N–H and O–H groups in total. The van der Waals surface area contributed by atoms with Crippen molar-refractivity contribution in [1.29, 1.82) is 0 Å². The minimum Gasteiger partial charge on any atom is -0.379 e. The lowest BCUT2D eigenvalue weighted by Crippen LogP contribution is -2.44. The fraction of sp³-hybridized carbons (Fsp3) is 0.368. The van der Waals surface area contributed by atoms with Crippen molar-refractivity contribution >= 4 is 21.6 Å². The molecule has 140 valence electrons. The molecule has 3 rings (SSSR count). The highest BCUT2D eigenvalue weighted by Crippen LogP contribution is 2.21. The van der Waals surface area contributed by atoms with Crippen LogP contribution in [0.4, 0.5) is 0 Å². The summed E-state index contributed by atoms with van der Waals surface area (Å²) in [5, 5.41) is 0.535. The molecular weight excluding hydrogens is 372 g/mol. The molecule has 1 saturated heterocycles. The van der Waals surface area contributed by atoms with Gasteiger partial charge in [-0.1, -0.05) is 54.1 Å². The van der Waals surface area contributed by atoms with Crippen molar-refractivity contribution in [3.63, 3.8) is 0 Å². The van der Waals surface area contributed by atoms with Crippen LogP contribution in [0.15, 0.2) is 54.6 Å². The Morgan fingerprint density at radius 1 is 1.08 bits per heavy atom. The molecular formula is C19H23ClN2O3S. The Bertz CT molecular complexity index is 809. The summed E-state index contributed by atoms with van der Waals surface area (Å²) in [6.07, 6.45) is 0. The van der Waals surface area contributed by atoms with Crippen LogP contribution < -0.4 is 4.72 Å². The van der Waals surface area contributed by atoms with E-state index in [1.54, 1.807) is 24.3 Å². The van der Waals surface area contributed by atoms with E-state index in [-0.39, 0.29) is 11.8 Å². The van der Waals surface area contributed by atoms with Gasteiger partial charge in [-0.3, -0.25) is 4.90 Å². The van der Waals surface area contributed by atoms with Gasteiger partial charge in [-0.2, -0.15) is 0 Å². The molecule has 7 heteroatoms. The second kappa shape index (κ2) is 8.97. The molecule has 1 heterocycles. The van der Waals surface area contributed by atoms with Crippen LogP contribution in [0.3, 0.4) is 0 Å². The first-order valence-electron chi connectivity index (χ1n) is 8.62. The average molecular weight is 395 g/mol. The lowest BCUT2D eigenvalue weighted by Gasteiger charge is -2.34. The fourth-order valence-electron chi connectivity index (χ4n) is 3.13. The van der Waals surface area contributed by atoms with Crippen molar-refractivity contribution in [2.45, 2.75) is 11.8 Å². The zero-order chi connectivity index (χ0) is 18.4. The van der Waals surface area contributed by atoms with Crippen molar-refractivity contribution in [3.05, 3.63) is 70.7 Å². The number of benzene rings is 2. The minimum atomic E-state index is -3.46. The highest BCUT2D eigenvalue weighted by Gasteiger charge is 2.24. The van der Waals surface area contributed by atoms with Gasteiger partial charge in [0.1, 0.15) is 0 Å². The van der Waals surface area contributed by atoms with Crippen molar-refractivity contribution in [1.82, 2.24) is 9.62 Å². The lowest BCUT2D eigenvalue weighted by atomic mass is 10.1. The Hall–Kier alpha value is -1.44. The van der Waals surface area contributed by atoms with Gasteiger partial charge in [0, 0.05) is 30.7 Å². The monoisotopic (exact) mass is 394 g/mol. The van der Waals surface area contributed by atoms with Crippen molar-refractivity contribution in [3.8, 4) is 0 Å². The molecule has 0 radical (unpaired) electrons. The van der Waals surface area contributed by atoms with Crippen molar-refractivity contribution in [2.24, 2.45) is 0 Å². The van der Waals surface area contributed by atoms with Crippen LogP contribution in [-0.2, 0) is 20.5 Å². The van der Waals surface area contributed by atoms with Gasteiger partial charge in [-0.05, 0) is 23.3 Å². The molecule has 0 aromatic heterocycles. The number of nitrogens with one attached hydrogen (secondary N) is 1. The molecule has 0 unspecified atom stereocenters. The average Bonchev–Trinajstić information content (AvgIpc) is 2.63. The maximum absolute atomic E-state index is 12.5. The summed E-state index contributed by atoms with van der Waals surface area (Å²) >= 11 is 5.95. The molecule has 0 spiro atoms. The van der Waals surface area contributed by atoms with Crippen LogP contribution in [0, 0.1) is 0 Å². The Kier molecular flexibility index (Phi) is 6.67. The number of hydrogen-bond donors (Lipinski definition) is 1. The zero-order valence-electron chi connectivity index (χ0n) is 14.5. The van der Waals surface area contributed by atoms with Gasteiger partial charge in [-0.25, -0.2) is 13.1 Å². The van der Waals surface area contributed by atoms with E-state index in [9.17, 15) is 8.42 Å². The third-order valence-corrected chi connectivity index (χ3v) is 5.97. The smallest absolute Gasteiger partial charge is 0.215 e. The summed E-state index contributed by atoms with van der Waals surface area (Å²) in [6.45, 7) is 3.23. The van der Waals surface area contributed by atoms with Crippen LogP contribution >= 0.6 is 11.6 Å². The predicted molar refractivity (Wildman–Crippen MR) is 104 cm³/mol. The first-order chi connectivity index (χ1) is 12.5. The van der Waals surface area contributed by atoms with E-state index in [1.807, 2.05) is 30.3 Å². The van der Waals surface area contributed by atoms with Gasteiger partial charge in [0.05, 0.1) is 19.0 Å². The molecule has 0 bridgehead atoms. The van der Waals surface area contributed by atoms with Gasteiger partial charge < -0.3 is 4.74 Å². The summed E-state index contributed by atoms with van der Waals surface area (Å²) in [4.78, 5) is 2.26. The fourth-order valence-corrected chi connectivity index (χ4v) is 4.47. The van der Waals surface area contributed by atoms with E-state index in [4.69, 9.17) is 16.3 Å². The summed E-state index contributed by atoms with van der Waals surface area (Å²) in [5.41, 5.74) is 1.77. The Balaban J connectivity index is 1.70. The molecule has 1 aliphatic rings. The van der Waals surface area contributed by atoms with Gasteiger partial charge in [-0.15, -0.1) is 0 Å². The molecule has 1 aliphatic heterocycles. The van der Waals surface area contributed by atoms with Crippen LogP contribution in [-0.4, -0.2) is 46.2 Å². The quantitative estimate of drug-likeness (QED) is 0.784. The molecule has 26 heavy (non-hydrogen) atoms. The Labute approximate surface area is 160 Å². The highest BCUT2D eigenvalue weighted by atomic mass is 35.5. The second-order valence-corrected chi connectivity index (χ2v) is 8.56. The number of morpholine rings is 1. The Morgan fingerprint density at radius 2 is 1.81 bits per heavy atom. The van der Waals surface area contributed by atoms with Gasteiger partial charge in [0.25, 0.3) is 0 Å². The lowest BCUT2D eigenvalue weighted by molar-refractivity contribution is 0.0172. The zero-order valence-corrected chi connectivity index (χ0v) is 16.0. The summed E-state index contributed by atoms with van der Waals surface area (Å²) in [5.74, 6) is -0.0851. The molecule has 0 saturated carbocycles. The molecule has 0 aliphatic carbocycles. The van der Waals surface area contributed by atoms with E-state index in [1.165, 1.54) is 0 Å². The summed E-state index contributed by atoms with van der Waals surface area (Å²) in [6, 6.07) is 16.9. The maximum Gasteiger partial charge on any atom is 0.215 e. The van der Waals surface area contributed by atoms with Crippen LogP contribution in [0.5, 0.6) is 0 Å². The first kappa shape index (κ1) is 19.3. The van der Waals surface area contributed by atoms with E-state index in [0.717, 1.165) is 18.7 Å². The SMILES string of the molecule is O=S(=O)(Cc1cccc(Cl)c1)NC[C@H](c1ccccc1)N1CCOCC1. The predicted octanol–water partition coefficient (Wildman–Crippen LogP) is 2.83. The van der Waals surface area contributed by atoms with E-state index in [0.29, 0.717) is 30.3 Å². The van der Waals surface area contributed by atoms with E-state index < -0.39 is 10.0 Å². The number of nitrogens with zero attached hydrogens (tertiary/aromatic N) is 1. The van der Waals surface area contributed by atoms with Crippen LogP contribution in [0.25, 0.3) is 0 Å². The van der Waals surface area contributed by atoms with Crippen LogP contribution in [0.2, 0.25) is 5.02 Å². The standard InChI is InChI=1S/C19H23ClN2O3S/c20-18-8-4-5-16(13-18)15-26(23,24)21-14-19(17-6-2-1-3-7-17)22-9-11-25-12-10-22/h1-8,13,19,21H,9-12,14-15H2/t19-/m1/s1. The number of halogens is 1. The van der Waals surface area contributed by atoms with E-state index in [2.05, 4.69) is 9.62 Å². The molecule has 5 nitrogen and oxygen atoms in total. The normalized spacial score (nSPS) is 17.1. The highest BCUT2D eigenvalue weighted by molar-refractivity contribution is 7.88. The number of rotatable bonds is 7. The second-order valence-electron chi connectivity index (χ2n) is 6.31. The molecule has 1 fully saturated rings. The summed E-state index contributed by atoms with van der Waals surface area (Å²) < 4.78 is 33.3.